The Kier molecular flexibility index (Phi) is 5.57. The summed E-state index contributed by atoms with van der Waals surface area (Å²) in [5, 5.41) is 13.3. The minimum Gasteiger partial charge on any atom is -0.481 e. The van der Waals surface area contributed by atoms with E-state index in [-0.39, 0.29) is 25.3 Å². The third-order valence-corrected chi connectivity index (χ3v) is 2.82. The smallest absolute Gasteiger partial charge is 0.315 e. The lowest BCUT2D eigenvalue weighted by molar-refractivity contribution is -0.136. The molecule has 0 saturated heterocycles. The third-order valence-electron chi connectivity index (χ3n) is 2.08. The van der Waals surface area contributed by atoms with E-state index in [1.54, 1.807) is 6.07 Å². The first kappa shape index (κ1) is 14.4. The van der Waals surface area contributed by atoms with Crippen LogP contribution in [0.4, 0.5) is 9.18 Å². The Bertz CT molecular complexity index is 454. The lowest BCUT2D eigenvalue weighted by Crippen LogP contribution is -2.36. The summed E-state index contributed by atoms with van der Waals surface area (Å²) in [6.45, 7) is 0.283. The van der Waals surface area contributed by atoms with Crippen LogP contribution in [0, 0.1) is 5.82 Å². The van der Waals surface area contributed by atoms with Crippen LogP contribution in [0.25, 0.3) is 0 Å². The first-order valence-corrected chi connectivity index (χ1v) is 5.96. The molecule has 18 heavy (non-hydrogen) atoms. The van der Waals surface area contributed by atoms with Crippen molar-refractivity contribution in [3.63, 3.8) is 0 Å². The van der Waals surface area contributed by atoms with E-state index in [1.165, 1.54) is 12.1 Å². The van der Waals surface area contributed by atoms with E-state index in [0.29, 0.717) is 4.47 Å². The molecule has 5 nitrogen and oxygen atoms in total. The standard InChI is InChI=1S/C11H12BrFN2O3/c12-9-5-8(13)2-1-7(9)6-15-11(18)14-4-3-10(16)17/h1-2,5H,3-4,6H2,(H,16,17)(H2,14,15,18). The van der Waals surface area contributed by atoms with Gasteiger partial charge in [0.25, 0.3) is 0 Å². The number of carboxylic acids is 1. The van der Waals surface area contributed by atoms with Gasteiger partial charge in [0, 0.05) is 17.6 Å². The number of halogens is 2. The number of benzene rings is 1. The quantitative estimate of drug-likeness (QED) is 0.775. The van der Waals surface area contributed by atoms with Crippen molar-refractivity contribution in [2.75, 3.05) is 6.54 Å². The molecule has 0 aliphatic heterocycles. The van der Waals surface area contributed by atoms with Gasteiger partial charge in [-0.25, -0.2) is 9.18 Å². The molecule has 3 N–H and O–H groups in total. The minimum atomic E-state index is -0.975. The lowest BCUT2D eigenvalue weighted by atomic mass is 10.2. The van der Waals surface area contributed by atoms with Gasteiger partial charge in [0.05, 0.1) is 6.42 Å². The van der Waals surface area contributed by atoms with Crippen LogP contribution in [0.1, 0.15) is 12.0 Å². The van der Waals surface area contributed by atoms with Gasteiger partial charge in [-0.05, 0) is 17.7 Å². The summed E-state index contributed by atoms with van der Waals surface area (Å²) >= 11 is 3.18. The molecular formula is C11H12BrFN2O3. The number of rotatable bonds is 5. The zero-order valence-corrected chi connectivity index (χ0v) is 11.0. The van der Waals surface area contributed by atoms with Gasteiger partial charge in [0.2, 0.25) is 0 Å². The molecule has 1 aromatic carbocycles. The van der Waals surface area contributed by atoms with Gasteiger partial charge in [0.1, 0.15) is 5.82 Å². The van der Waals surface area contributed by atoms with Crippen LogP contribution in [-0.4, -0.2) is 23.7 Å². The normalized spacial score (nSPS) is 9.89. The zero-order chi connectivity index (χ0) is 13.5. The van der Waals surface area contributed by atoms with E-state index in [2.05, 4.69) is 26.6 Å². The van der Waals surface area contributed by atoms with Crippen LogP contribution in [0.5, 0.6) is 0 Å². The summed E-state index contributed by atoms with van der Waals surface area (Å²) in [6, 6.07) is 3.69. The fourth-order valence-electron chi connectivity index (χ4n) is 1.19. The Morgan fingerprint density at radius 3 is 2.67 bits per heavy atom. The number of amides is 2. The van der Waals surface area contributed by atoms with E-state index in [9.17, 15) is 14.0 Å². The molecule has 0 atom stereocenters. The number of hydrogen-bond acceptors (Lipinski definition) is 2. The largest absolute Gasteiger partial charge is 0.481 e. The summed E-state index contributed by atoms with van der Waals surface area (Å²) in [5.41, 5.74) is 0.727. The van der Waals surface area contributed by atoms with Crippen molar-refractivity contribution < 1.29 is 19.1 Å². The summed E-state index contributed by atoms with van der Waals surface area (Å²) in [6.07, 6.45) is -0.131. The van der Waals surface area contributed by atoms with Crippen LogP contribution in [-0.2, 0) is 11.3 Å². The van der Waals surface area contributed by atoms with Crippen molar-refractivity contribution in [1.29, 1.82) is 0 Å². The van der Waals surface area contributed by atoms with Crippen molar-refractivity contribution in [3.05, 3.63) is 34.1 Å². The third kappa shape index (κ3) is 5.13. The van der Waals surface area contributed by atoms with Crippen molar-refractivity contribution in [3.8, 4) is 0 Å². The second kappa shape index (κ2) is 6.95. The van der Waals surface area contributed by atoms with Crippen LogP contribution in [0.2, 0.25) is 0 Å². The highest BCUT2D eigenvalue weighted by Crippen LogP contribution is 2.17. The molecular weight excluding hydrogens is 307 g/mol. The summed E-state index contributed by atoms with van der Waals surface area (Å²) in [5.74, 6) is -1.34. The number of carbonyl (C=O) groups excluding carboxylic acids is 1. The highest BCUT2D eigenvalue weighted by Gasteiger charge is 2.05. The topological polar surface area (TPSA) is 78.4 Å². The van der Waals surface area contributed by atoms with Gasteiger partial charge in [-0.1, -0.05) is 22.0 Å². The molecule has 1 aromatic rings. The SMILES string of the molecule is O=C(O)CCNC(=O)NCc1ccc(F)cc1Br. The maximum Gasteiger partial charge on any atom is 0.315 e. The Hall–Kier alpha value is -1.63. The van der Waals surface area contributed by atoms with Gasteiger partial charge in [0.15, 0.2) is 0 Å². The molecule has 0 aliphatic rings. The lowest BCUT2D eigenvalue weighted by Gasteiger charge is -2.08. The molecule has 0 bridgehead atoms. The number of aliphatic carboxylic acids is 1. The zero-order valence-electron chi connectivity index (χ0n) is 9.37. The van der Waals surface area contributed by atoms with E-state index in [4.69, 9.17) is 5.11 Å². The summed E-state index contributed by atoms with van der Waals surface area (Å²) in [4.78, 5) is 21.5. The predicted molar refractivity (Wildman–Crippen MR) is 66.6 cm³/mol. The van der Waals surface area contributed by atoms with Gasteiger partial charge in [-0.3, -0.25) is 4.79 Å². The van der Waals surface area contributed by atoms with Crippen molar-refractivity contribution in [2.24, 2.45) is 0 Å². The number of nitrogens with one attached hydrogen (secondary N) is 2. The Balaban J connectivity index is 2.36. The highest BCUT2D eigenvalue weighted by atomic mass is 79.9. The second-order valence-electron chi connectivity index (χ2n) is 3.49. The Morgan fingerprint density at radius 1 is 1.33 bits per heavy atom. The van der Waals surface area contributed by atoms with Gasteiger partial charge in [-0.15, -0.1) is 0 Å². The van der Waals surface area contributed by atoms with E-state index in [1.807, 2.05) is 0 Å². The van der Waals surface area contributed by atoms with Crippen LogP contribution in [0.15, 0.2) is 22.7 Å². The molecule has 0 aromatic heterocycles. The summed E-state index contributed by atoms with van der Waals surface area (Å²) < 4.78 is 13.4. The van der Waals surface area contributed by atoms with Gasteiger partial charge < -0.3 is 15.7 Å². The average molecular weight is 319 g/mol. The van der Waals surface area contributed by atoms with Crippen LogP contribution < -0.4 is 10.6 Å². The molecule has 98 valence electrons. The first-order chi connectivity index (χ1) is 8.49. The molecule has 0 spiro atoms. The fourth-order valence-corrected chi connectivity index (χ4v) is 1.68. The Morgan fingerprint density at radius 2 is 2.06 bits per heavy atom. The molecule has 0 heterocycles. The molecule has 2 amide bonds. The molecule has 0 unspecified atom stereocenters. The van der Waals surface area contributed by atoms with E-state index < -0.39 is 12.0 Å². The van der Waals surface area contributed by atoms with E-state index in [0.717, 1.165) is 5.56 Å². The van der Waals surface area contributed by atoms with Crippen molar-refractivity contribution in [1.82, 2.24) is 10.6 Å². The molecule has 0 saturated carbocycles. The van der Waals surface area contributed by atoms with Crippen LogP contribution in [0.3, 0.4) is 0 Å². The van der Waals surface area contributed by atoms with Gasteiger partial charge in [-0.2, -0.15) is 0 Å². The minimum absolute atomic E-state index is 0.0613. The predicted octanol–water partition coefficient (Wildman–Crippen LogP) is 1.86. The van der Waals surface area contributed by atoms with Crippen molar-refractivity contribution in [2.45, 2.75) is 13.0 Å². The number of urea groups is 1. The van der Waals surface area contributed by atoms with Crippen molar-refractivity contribution >= 4 is 27.9 Å². The average Bonchev–Trinajstić information content (AvgIpc) is 2.27. The monoisotopic (exact) mass is 318 g/mol. The second-order valence-corrected chi connectivity index (χ2v) is 4.34. The van der Waals surface area contributed by atoms with Crippen LogP contribution >= 0.6 is 15.9 Å². The molecule has 0 aliphatic carbocycles. The fraction of sp³-hybridized carbons (Fsp3) is 0.273. The maximum atomic E-state index is 12.8. The number of carbonyl (C=O) groups is 2. The summed E-state index contributed by atoms with van der Waals surface area (Å²) in [7, 11) is 0. The molecule has 0 radical (unpaired) electrons. The van der Waals surface area contributed by atoms with Gasteiger partial charge >= 0.3 is 12.0 Å². The molecule has 0 fully saturated rings. The first-order valence-electron chi connectivity index (χ1n) is 5.16. The Labute approximate surface area is 112 Å². The number of hydrogen-bond donors (Lipinski definition) is 3. The van der Waals surface area contributed by atoms with E-state index >= 15 is 0 Å². The highest BCUT2D eigenvalue weighted by molar-refractivity contribution is 9.10. The molecule has 1 rings (SSSR count). The molecule has 7 heteroatoms. The number of carboxylic acid groups (broad SMARTS) is 1. The maximum absolute atomic E-state index is 12.8.